The van der Waals surface area contributed by atoms with Crippen LogP contribution in [0.25, 0.3) is 10.9 Å². The molecule has 35 heavy (non-hydrogen) atoms. The molecule has 0 unspecified atom stereocenters. The highest BCUT2D eigenvalue weighted by atomic mass is 16.5. The van der Waals surface area contributed by atoms with Crippen LogP contribution in [0, 0.1) is 6.92 Å². The van der Waals surface area contributed by atoms with Crippen LogP contribution in [0.4, 0.5) is 10.5 Å². The number of nitrogens with zero attached hydrogens (tertiary/aromatic N) is 2. The lowest BCUT2D eigenvalue weighted by Gasteiger charge is -2.14. The van der Waals surface area contributed by atoms with Gasteiger partial charge in [0, 0.05) is 30.6 Å². The molecule has 4 rings (SSSR count). The Labute approximate surface area is 200 Å². The third-order valence-electron chi connectivity index (χ3n) is 4.93. The number of oxazole rings is 1. The quantitative estimate of drug-likeness (QED) is 0.398. The summed E-state index contributed by atoms with van der Waals surface area (Å²) in [6, 6.07) is 9.32. The van der Waals surface area contributed by atoms with Gasteiger partial charge in [-0.05, 0) is 24.3 Å². The molecule has 0 atom stereocenters. The van der Waals surface area contributed by atoms with Gasteiger partial charge in [0.25, 0.3) is 5.91 Å². The van der Waals surface area contributed by atoms with Gasteiger partial charge < -0.3 is 28.7 Å². The van der Waals surface area contributed by atoms with E-state index in [9.17, 15) is 9.59 Å². The number of carbonyl (C=O) groups is 2. The summed E-state index contributed by atoms with van der Waals surface area (Å²) in [6.07, 6.45) is 2.85. The number of nitrogens with one attached hydrogen (secondary N) is 2. The van der Waals surface area contributed by atoms with Crippen LogP contribution >= 0.6 is 0 Å². The Balaban J connectivity index is 1.53. The minimum atomic E-state index is -0.766. The van der Waals surface area contributed by atoms with Gasteiger partial charge >= 0.3 is 6.03 Å². The number of imide groups is 1. The van der Waals surface area contributed by atoms with Crippen molar-refractivity contribution in [3.05, 3.63) is 60.4 Å². The third kappa shape index (κ3) is 5.08. The molecular weight excluding hydrogens is 456 g/mol. The lowest BCUT2D eigenvalue weighted by atomic mass is 10.2. The third-order valence-corrected chi connectivity index (χ3v) is 4.93. The molecule has 0 fully saturated rings. The second-order valence-electron chi connectivity index (χ2n) is 7.15. The molecule has 0 aliphatic rings. The van der Waals surface area contributed by atoms with Gasteiger partial charge in [-0.1, -0.05) is 0 Å². The van der Waals surface area contributed by atoms with E-state index in [0.717, 1.165) is 0 Å². The van der Waals surface area contributed by atoms with E-state index in [1.165, 1.54) is 13.3 Å². The predicted octanol–water partition coefficient (Wildman–Crippen LogP) is 4.31. The summed E-state index contributed by atoms with van der Waals surface area (Å²) in [7, 11) is 4.55. The smallest absolute Gasteiger partial charge is 0.326 e. The van der Waals surface area contributed by atoms with E-state index in [1.807, 2.05) is 0 Å². The summed E-state index contributed by atoms with van der Waals surface area (Å²) in [5, 5.41) is 5.44. The first-order chi connectivity index (χ1) is 16.9. The largest absolute Gasteiger partial charge is 0.494 e. The lowest BCUT2D eigenvalue weighted by Crippen LogP contribution is -2.34. The summed E-state index contributed by atoms with van der Waals surface area (Å²) < 4.78 is 27.3. The Hall–Kier alpha value is -4.80. The number of fused-ring (bicyclic) bond motifs is 1. The molecule has 0 aliphatic heterocycles. The van der Waals surface area contributed by atoms with Crippen molar-refractivity contribution in [2.24, 2.45) is 0 Å². The van der Waals surface area contributed by atoms with Gasteiger partial charge in [-0.2, -0.15) is 0 Å². The zero-order valence-electron chi connectivity index (χ0n) is 19.4. The van der Waals surface area contributed by atoms with E-state index >= 15 is 0 Å². The number of hydrogen-bond donors (Lipinski definition) is 2. The van der Waals surface area contributed by atoms with Crippen LogP contribution in [0.2, 0.25) is 0 Å². The average Bonchev–Trinajstić information content (AvgIpc) is 3.30. The number of urea groups is 1. The predicted molar refractivity (Wildman–Crippen MR) is 126 cm³/mol. The summed E-state index contributed by atoms with van der Waals surface area (Å²) >= 11 is 0. The number of aromatic nitrogens is 2. The van der Waals surface area contributed by atoms with E-state index in [-0.39, 0.29) is 5.76 Å². The maximum Gasteiger partial charge on any atom is 0.326 e. The molecule has 0 saturated carbocycles. The fourth-order valence-electron chi connectivity index (χ4n) is 3.29. The molecule has 2 aromatic carbocycles. The molecule has 2 aromatic heterocycles. The Morgan fingerprint density at radius 2 is 1.63 bits per heavy atom. The van der Waals surface area contributed by atoms with Gasteiger partial charge in [-0.25, -0.2) is 9.78 Å². The molecule has 11 nitrogen and oxygen atoms in total. The second-order valence-corrected chi connectivity index (χ2v) is 7.15. The van der Waals surface area contributed by atoms with Crippen LogP contribution in [-0.4, -0.2) is 43.2 Å². The Morgan fingerprint density at radius 1 is 0.886 bits per heavy atom. The van der Waals surface area contributed by atoms with E-state index < -0.39 is 11.9 Å². The Morgan fingerprint density at radius 3 is 2.31 bits per heavy atom. The number of benzene rings is 2. The molecule has 0 saturated heterocycles. The van der Waals surface area contributed by atoms with Gasteiger partial charge in [0.15, 0.2) is 17.4 Å². The topological polar surface area (TPSA) is 134 Å². The first-order valence-electron chi connectivity index (χ1n) is 10.3. The molecular formula is C24H22N4O7. The van der Waals surface area contributed by atoms with E-state index in [0.29, 0.717) is 51.2 Å². The number of carbonyl (C=O) groups excluding carboxylic acids is 2. The number of anilines is 1. The van der Waals surface area contributed by atoms with E-state index in [4.69, 9.17) is 23.4 Å². The van der Waals surface area contributed by atoms with Crippen LogP contribution in [-0.2, 0) is 0 Å². The highest BCUT2D eigenvalue weighted by Crippen LogP contribution is 2.38. The van der Waals surface area contributed by atoms with E-state index in [1.54, 1.807) is 63.7 Å². The van der Waals surface area contributed by atoms with Gasteiger partial charge in [0.2, 0.25) is 5.76 Å². The molecule has 180 valence electrons. The fourth-order valence-corrected chi connectivity index (χ4v) is 3.29. The molecule has 2 heterocycles. The first kappa shape index (κ1) is 23.4. The maximum absolute atomic E-state index is 12.3. The molecule has 2 N–H and O–H groups in total. The summed E-state index contributed by atoms with van der Waals surface area (Å²) in [5.74, 6) is 1.90. The minimum Gasteiger partial charge on any atom is -0.494 e. The second kappa shape index (κ2) is 10.00. The molecule has 0 spiro atoms. The molecule has 4 aromatic rings. The Kier molecular flexibility index (Phi) is 6.67. The van der Waals surface area contributed by atoms with Gasteiger partial charge in [0.1, 0.15) is 17.2 Å². The van der Waals surface area contributed by atoms with Gasteiger partial charge in [0.05, 0.1) is 38.7 Å². The van der Waals surface area contributed by atoms with Crippen molar-refractivity contribution in [3.63, 3.8) is 0 Å². The molecule has 0 bridgehead atoms. The zero-order valence-corrected chi connectivity index (χ0v) is 19.4. The fraction of sp³-hybridized carbons (Fsp3) is 0.167. The van der Waals surface area contributed by atoms with Crippen molar-refractivity contribution in [3.8, 4) is 28.7 Å². The average molecular weight is 478 g/mol. The van der Waals surface area contributed by atoms with Crippen molar-refractivity contribution in [1.82, 2.24) is 15.3 Å². The number of amides is 3. The van der Waals surface area contributed by atoms with Crippen LogP contribution in [0.3, 0.4) is 0 Å². The number of pyridine rings is 1. The van der Waals surface area contributed by atoms with Crippen molar-refractivity contribution in [2.45, 2.75) is 6.92 Å². The number of methoxy groups -OCH3 is 3. The van der Waals surface area contributed by atoms with Crippen LogP contribution in [0.5, 0.6) is 28.7 Å². The SMILES string of the molecule is COc1cc(Oc2ccnc3cc(OC)c(OC)cc23)ccc1NC(=O)NC(=O)c1cnc(C)o1. The number of aryl methyl sites for hydroxylation is 1. The number of ether oxygens (including phenoxy) is 4. The summed E-state index contributed by atoms with van der Waals surface area (Å²) in [5.41, 5.74) is 0.985. The van der Waals surface area contributed by atoms with Crippen LogP contribution in [0.15, 0.2) is 53.2 Å². The van der Waals surface area contributed by atoms with Crippen molar-refractivity contribution < 1.29 is 33.0 Å². The number of rotatable bonds is 7. The minimum absolute atomic E-state index is 0.0767. The normalized spacial score (nSPS) is 10.5. The number of hydrogen-bond acceptors (Lipinski definition) is 9. The van der Waals surface area contributed by atoms with Crippen molar-refractivity contribution in [1.29, 1.82) is 0 Å². The monoisotopic (exact) mass is 478 g/mol. The highest BCUT2D eigenvalue weighted by molar-refractivity contribution is 6.07. The van der Waals surface area contributed by atoms with Crippen molar-refractivity contribution in [2.75, 3.05) is 26.6 Å². The summed E-state index contributed by atoms with van der Waals surface area (Å²) in [4.78, 5) is 32.6. The molecule has 3 amide bonds. The zero-order chi connectivity index (χ0) is 24.9. The van der Waals surface area contributed by atoms with Gasteiger partial charge in [-0.15, -0.1) is 0 Å². The molecule has 0 radical (unpaired) electrons. The standard InChI is InChI=1S/C24H22N4O7/c1-13-26-12-22(34-13)23(29)28-24(30)27-16-6-5-14(9-19(16)31-2)35-18-7-8-25-17-11-21(33-4)20(32-3)10-15(17)18/h5-12H,1-4H3,(H2,27,28,29,30). The summed E-state index contributed by atoms with van der Waals surface area (Å²) in [6.45, 7) is 1.59. The van der Waals surface area contributed by atoms with Gasteiger partial charge in [-0.3, -0.25) is 15.1 Å². The maximum atomic E-state index is 12.3. The van der Waals surface area contributed by atoms with Crippen LogP contribution in [0.1, 0.15) is 16.4 Å². The first-order valence-corrected chi connectivity index (χ1v) is 10.3. The lowest BCUT2D eigenvalue weighted by molar-refractivity contribution is 0.0938. The molecule has 11 heteroatoms. The highest BCUT2D eigenvalue weighted by Gasteiger charge is 2.17. The van der Waals surface area contributed by atoms with Crippen molar-refractivity contribution >= 4 is 28.5 Å². The molecule has 0 aliphatic carbocycles. The van der Waals surface area contributed by atoms with Crippen LogP contribution < -0.4 is 29.6 Å². The Bertz CT molecular complexity index is 1400. The van der Waals surface area contributed by atoms with E-state index in [2.05, 4.69) is 20.6 Å².